The molecule has 0 bridgehead atoms. The van der Waals surface area contributed by atoms with Crippen LogP contribution >= 0.6 is 0 Å². The van der Waals surface area contributed by atoms with Gasteiger partial charge in [0, 0.05) is 6.92 Å². The van der Waals surface area contributed by atoms with Crippen molar-refractivity contribution < 1.29 is 34.2 Å². The van der Waals surface area contributed by atoms with E-state index in [2.05, 4.69) is 0 Å². The molecule has 0 aromatic heterocycles. The summed E-state index contributed by atoms with van der Waals surface area (Å²) >= 11 is 0. The number of rotatable bonds is 6. The lowest BCUT2D eigenvalue weighted by atomic mass is 9.83. The van der Waals surface area contributed by atoms with Gasteiger partial charge in [0.05, 0.1) is 25.3 Å². The molecule has 2 unspecified atom stereocenters. The lowest BCUT2D eigenvalue weighted by Crippen LogP contribution is -2.84. The van der Waals surface area contributed by atoms with Crippen LogP contribution in [0.2, 0.25) is 0 Å². The van der Waals surface area contributed by atoms with Crippen molar-refractivity contribution in [1.82, 2.24) is 14.7 Å². The fourth-order valence-corrected chi connectivity index (χ4v) is 5.30. The molecule has 0 aromatic carbocycles. The summed E-state index contributed by atoms with van der Waals surface area (Å²) in [6, 6.07) is -2.48. The standard InChI is InChI=1S/C18H27N5O7/c1-8(24)11(13(19)27)21-6-17(15(21)29)4-5-18(23(17)10(3)26)7-22(16(18)30)12(9(2)25)14(20)28/h8-9,11-12,24-25H,4-7H2,1-3H3,(H2,19,27)(H2,20,28)/t8-,9-,11+,12+,17?,18?/m1/s1. The summed E-state index contributed by atoms with van der Waals surface area (Å²) < 4.78 is 0. The highest BCUT2D eigenvalue weighted by Gasteiger charge is 2.74. The van der Waals surface area contributed by atoms with Crippen LogP contribution in [0.25, 0.3) is 0 Å². The molecule has 0 radical (unpaired) electrons. The third-order valence-corrected chi connectivity index (χ3v) is 6.47. The third-order valence-electron chi connectivity index (χ3n) is 6.47. The van der Waals surface area contributed by atoms with E-state index in [9.17, 15) is 34.2 Å². The van der Waals surface area contributed by atoms with Crippen LogP contribution in [0.4, 0.5) is 0 Å². The minimum absolute atomic E-state index is 0.0470. The number of hydrogen-bond acceptors (Lipinski definition) is 7. The quantitative estimate of drug-likeness (QED) is 0.315. The molecule has 5 amide bonds. The van der Waals surface area contributed by atoms with Crippen molar-refractivity contribution in [3.8, 4) is 0 Å². The number of hydrogen-bond donors (Lipinski definition) is 4. The number of aliphatic hydroxyl groups is 2. The van der Waals surface area contributed by atoms with E-state index in [4.69, 9.17) is 11.5 Å². The highest BCUT2D eigenvalue weighted by Crippen LogP contribution is 2.52. The Balaban J connectivity index is 1.89. The molecule has 3 rings (SSSR count). The second kappa shape index (κ2) is 6.91. The summed E-state index contributed by atoms with van der Waals surface area (Å²) in [4.78, 5) is 65.6. The summed E-state index contributed by atoms with van der Waals surface area (Å²) in [5.41, 5.74) is 7.99. The fourth-order valence-electron chi connectivity index (χ4n) is 5.30. The van der Waals surface area contributed by atoms with E-state index in [0.29, 0.717) is 0 Å². The molecule has 3 saturated heterocycles. The maximum absolute atomic E-state index is 13.1. The number of likely N-dealkylation sites (tertiary alicyclic amines) is 3. The zero-order valence-corrected chi connectivity index (χ0v) is 17.1. The first-order valence-electron chi connectivity index (χ1n) is 9.69. The topological polar surface area (TPSA) is 188 Å². The number of primary amides is 2. The van der Waals surface area contributed by atoms with Crippen LogP contribution in [0.3, 0.4) is 0 Å². The molecule has 3 heterocycles. The van der Waals surface area contributed by atoms with Crippen molar-refractivity contribution in [2.24, 2.45) is 11.5 Å². The number of amides is 5. The number of carbonyl (C=O) groups excluding carboxylic acids is 5. The maximum atomic E-state index is 13.1. The van der Waals surface area contributed by atoms with Crippen molar-refractivity contribution in [2.75, 3.05) is 13.1 Å². The van der Waals surface area contributed by atoms with Gasteiger partial charge in [0.2, 0.25) is 17.7 Å². The number of aliphatic hydroxyl groups excluding tert-OH is 2. The van der Waals surface area contributed by atoms with Crippen molar-refractivity contribution in [3.63, 3.8) is 0 Å². The fraction of sp³-hybridized carbons (Fsp3) is 0.722. The predicted octanol–water partition coefficient (Wildman–Crippen LogP) is -3.74. The molecule has 6 N–H and O–H groups in total. The van der Waals surface area contributed by atoms with E-state index in [1.54, 1.807) is 0 Å². The first kappa shape index (κ1) is 22.0. The van der Waals surface area contributed by atoms with Crippen LogP contribution in [-0.4, -0.2) is 103 Å². The van der Waals surface area contributed by atoms with E-state index in [0.717, 1.165) is 9.80 Å². The summed E-state index contributed by atoms with van der Waals surface area (Å²) in [5, 5.41) is 19.7. The van der Waals surface area contributed by atoms with Gasteiger partial charge < -0.3 is 36.4 Å². The van der Waals surface area contributed by atoms with E-state index >= 15 is 0 Å². The number of nitrogens with zero attached hydrogens (tertiary/aromatic N) is 3. The molecule has 0 saturated carbocycles. The molecule has 0 aliphatic carbocycles. The Kier molecular flexibility index (Phi) is 5.06. The summed E-state index contributed by atoms with van der Waals surface area (Å²) in [7, 11) is 0. The van der Waals surface area contributed by atoms with Gasteiger partial charge in [0.1, 0.15) is 23.2 Å². The molecule has 3 aliphatic rings. The Morgan fingerprint density at radius 2 is 1.20 bits per heavy atom. The summed E-state index contributed by atoms with van der Waals surface area (Å²) in [6.07, 6.45) is -2.04. The first-order valence-corrected chi connectivity index (χ1v) is 9.69. The van der Waals surface area contributed by atoms with Crippen LogP contribution in [-0.2, 0) is 24.0 Å². The molecule has 0 aromatic rings. The van der Waals surface area contributed by atoms with Crippen molar-refractivity contribution in [3.05, 3.63) is 0 Å². The lowest BCUT2D eigenvalue weighted by molar-refractivity contribution is -0.194. The van der Waals surface area contributed by atoms with Gasteiger partial charge in [-0.05, 0) is 26.7 Å². The van der Waals surface area contributed by atoms with Crippen LogP contribution in [0, 0.1) is 0 Å². The highest BCUT2D eigenvalue weighted by atomic mass is 16.3. The molecule has 12 nitrogen and oxygen atoms in total. The minimum Gasteiger partial charge on any atom is -0.391 e. The normalized spacial score (nSPS) is 32.0. The van der Waals surface area contributed by atoms with Crippen LogP contribution < -0.4 is 11.5 Å². The summed E-state index contributed by atoms with van der Waals surface area (Å²) in [5.74, 6) is -3.38. The number of carbonyl (C=O) groups is 5. The third kappa shape index (κ3) is 2.70. The van der Waals surface area contributed by atoms with Crippen molar-refractivity contribution >= 4 is 29.5 Å². The van der Waals surface area contributed by atoms with Gasteiger partial charge >= 0.3 is 0 Å². The van der Waals surface area contributed by atoms with Gasteiger partial charge in [-0.25, -0.2) is 0 Å². The Bertz CT molecular complexity index is 770. The molecule has 6 atom stereocenters. The molecule has 12 heteroatoms. The Morgan fingerprint density at radius 3 is 1.40 bits per heavy atom. The molecule has 3 fully saturated rings. The van der Waals surface area contributed by atoms with Gasteiger partial charge in [-0.1, -0.05) is 0 Å². The Morgan fingerprint density at radius 1 is 0.867 bits per heavy atom. The second-order valence-corrected chi connectivity index (χ2v) is 8.46. The molecular weight excluding hydrogens is 398 g/mol. The number of β-lactam (4-membered cyclic amide) rings is 2. The monoisotopic (exact) mass is 425 g/mol. The van der Waals surface area contributed by atoms with Gasteiger partial charge in [0.15, 0.2) is 0 Å². The van der Waals surface area contributed by atoms with Gasteiger partial charge in [0.25, 0.3) is 11.8 Å². The predicted molar refractivity (Wildman–Crippen MR) is 100.0 cm³/mol. The van der Waals surface area contributed by atoms with Crippen molar-refractivity contribution in [1.29, 1.82) is 0 Å². The van der Waals surface area contributed by atoms with Crippen LogP contribution in [0.15, 0.2) is 0 Å². The largest absolute Gasteiger partial charge is 0.391 e. The van der Waals surface area contributed by atoms with Gasteiger partial charge in [-0.15, -0.1) is 0 Å². The van der Waals surface area contributed by atoms with E-state index in [1.807, 2.05) is 0 Å². The van der Waals surface area contributed by atoms with Gasteiger partial charge in [-0.2, -0.15) is 0 Å². The average molecular weight is 425 g/mol. The lowest BCUT2D eigenvalue weighted by Gasteiger charge is -2.59. The maximum Gasteiger partial charge on any atom is 0.251 e. The van der Waals surface area contributed by atoms with Crippen molar-refractivity contribution in [2.45, 2.75) is 69.0 Å². The summed E-state index contributed by atoms with van der Waals surface area (Å²) in [6.45, 7) is 3.81. The van der Waals surface area contributed by atoms with Crippen LogP contribution in [0.1, 0.15) is 33.6 Å². The smallest absolute Gasteiger partial charge is 0.251 e. The molecule has 30 heavy (non-hydrogen) atoms. The Labute approximate surface area is 172 Å². The Hall–Kier alpha value is -2.73. The molecule has 2 spiro atoms. The minimum atomic E-state index is -1.32. The molecular formula is C18H27N5O7. The zero-order chi connectivity index (χ0) is 22.8. The second-order valence-electron chi connectivity index (χ2n) is 8.46. The highest BCUT2D eigenvalue weighted by molar-refractivity contribution is 6.06. The van der Waals surface area contributed by atoms with E-state index in [1.165, 1.54) is 25.7 Å². The zero-order valence-electron chi connectivity index (χ0n) is 17.1. The van der Waals surface area contributed by atoms with Crippen LogP contribution in [0.5, 0.6) is 0 Å². The SMILES string of the molecule is CC(=O)N1C2(CCC13CN([C@H](C(N)=O)[C@@H](C)O)C3=O)CN([C@H](C(N)=O)[C@@H](C)O)C2=O. The first-order chi connectivity index (χ1) is 13.8. The van der Waals surface area contributed by atoms with E-state index < -0.39 is 64.9 Å². The molecule has 3 aliphatic heterocycles. The average Bonchev–Trinajstić information content (AvgIpc) is 2.99. The van der Waals surface area contributed by atoms with E-state index in [-0.39, 0.29) is 25.9 Å². The molecule has 166 valence electrons. The number of nitrogens with two attached hydrogens (primary N) is 2. The van der Waals surface area contributed by atoms with Gasteiger partial charge in [-0.3, -0.25) is 24.0 Å².